The number of aliphatic carboxylic acids is 1. The summed E-state index contributed by atoms with van der Waals surface area (Å²) in [6, 6.07) is -0.938. The highest BCUT2D eigenvalue weighted by molar-refractivity contribution is 5.80. The van der Waals surface area contributed by atoms with Gasteiger partial charge in [-0.05, 0) is 13.0 Å². The van der Waals surface area contributed by atoms with Crippen LogP contribution in [-0.2, 0) is 9.59 Å². The maximum absolute atomic E-state index is 10.8. The van der Waals surface area contributed by atoms with E-state index in [9.17, 15) is 9.59 Å². The van der Waals surface area contributed by atoms with Crippen LogP contribution >= 0.6 is 0 Å². The van der Waals surface area contributed by atoms with Crippen LogP contribution in [0.1, 0.15) is 19.3 Å². The third-order valence-corrected chi connectivity index (χ3v) is 1.47. The minimum absolute atomic E-state index is 0.0331. The van der Waals surface area contributed by atoms with Gasteiger partial charge in [-0.15, -0.1) is 0 Å². The van der Waals surface area contributed by atoms with E-state index in [0.717, 1.165) is 0 Å². The van der Waals surface area contributed by atoms with Gasteiger partial charge in [-0.2, -0.15) is 0 Å². The van der Waals surface area contributed by atoms with E-state index in [-0.39, 0.29) is 18.6 Å². The number of nitrogens with two attached hydrogens (primary N) is 2. The fraction of sp³-hybridized carbons (Fsp3) is 0.714. The molecule has 12 heavy (non-hydrogen) atoms. The molecular formula is C7H14N2O3. The Balaban J connectivity index is 3.54. The molecule has 0 radical (unpaired) electrons. The molecule has 0 aliphatic heterocycles. The van der Waals surface area contributed by atoms with Crippen molar-refractivity contribution < 1.29 is 14.7 Å². The van der Waals surface area contributed by atoms with Crippen molar-refractivity contribution in [2.45, 2.75) is 25.3 Å². The molecule has 0 aromatic rings. The molecule has 0 aliphatic rings. The second-order valence-electron chi connectivity index (χ2n) is 2.56. The lowest BCUT2D eigenvalue weighted by atomic mass is 10.1. The number of carbonyl (C=O) groups excluding carboxylic acids is 1. The molecule has 0 rings (SSSR count). The highest BCUT2D eigenvalue weighted by Gasteiger charge is 2.12. The predicted molar refractivity (Wildman–Crippen MR) is 43.5 cm³/mol. The van der Waals surface area contributed by atoms with Gasteiger partial charge in [0, 0.05) is 12.8 Å². The molecule has 0 spiro atoms. The summed E-state index contributed by atoms with van der Waals surface area (Å²) in [6.07, 6.45) is 0.686. The van der Waals surface area contributed by atoms with Gasteiger partial charge in [0.15, 0.2) is 0 Å². The van der Waals surface area contributed by atoms with Crippen LogP contribution in [0, 0.1) is 0 Å². The molecule has 5 N–H and O–H groups in total. The minimum Gasteiger partial charge on any atom is -0.480 e. The van der Waals surface area contributed by atoms with Crippen molar-refractivity contribution in [2.75, 3.05) is 6.54 Å². The number of Topliss-reactive ketones (excluding diaryl/α,β-unsaturated/α-hetero) is 1. The zero-order valence-corrected chi connectivity index (χ0v) is 6.82. The van der Waals surface area contributed by atoms with Crippen molar-refractivity contribution in [2.24, 2.45) is 11.5 Å². The largest absolute Gasteiger partial charge is 0.480 e. The molecule has 0 saturated heterocycles. The van der Waals surface area contributed by atoms with Crippen LogP contribution < -0.4 is 11.5 Å². The van der Waals surface area contributed by atoms with Gasteiger partial charge >= 0.3 is 5.97 Å². The zero-order chi connectivity index (χ0) is 9.56. The molecule has 70 valence electrons. The third kappa shape index (κ3) is 4.81. The highest BCUT2D eigenvalue weighted by atomic mass is 16.4. The first kappa shape index (κ1) is 11.1. The Hall–Kier alpha value is -0.940. The predicted octanol–water partition coefficient (Wildman–Crippen LogP) is -0.904. The van der Waals surface area contributed by atoms with Crippen LogP contribution in [0.3, 0.4) is 0 Å². The van der Waals surface area contributed by atoms with Crippen molar-refractivity contribution in [3.05, 3.63) is 0 Å². The van der Waals surface area contributed by atoms with E-state index in [4.69, 9.17) is 16.6 Å². The Kier molecular flexibility index (Phi) is 5.23. The lowest BCUT2D eigenvalue weighted by Crippen LogP contribution is -2.30. The van der Waals surface area contributed by atoms with E-state index >= 15 is 0 Å². The molecule has 0 aromatic carbocycles. The molecule has 5 heteroatoms. The fourth-order valence-corrected chi connectivity index (χ4v) is 0.726. The molecule has 0 fully saturated rings. The molecule has 0 amide bonds. The van der Waals surface area contributed by atoms with Crippen molar-refractivity contribution in [3.63, 3.8) is 0 Å². The van der Waals surface area contributed by atoms with E-state index in [1.807, 2.05) is 0 Å². The van der Waals surface area contributed by atoms with Crippen LogP contribution in [0.15, 0.2) is 0 Å². The summed E-state index contributed by atoms with van der Waals surface area (Å²) in [7, 11) is 0. The summed E-state index contributed by atoms with van der Waals surface area (Å²) in [6.45, 7) is 0.307. The van der Waals surface area contributed by atoms with Crippen LogP contribution in [0.25, 0.3) is 0 Å². The molecule has 0 aromatic heterocycles. The van der Waals surface area contributed by atoms with Crippen molar-refractivity contribution in [3.8, 4) is 0 Å². The number of hydrogen-bond donors (Lipinski definition) is 3. The summed E-state index contributed by atoms with van der Waals surface area (Å²) >= 11 is 0. The Morgan fingerprint density at radius 3 is 2.33 bits per heavy atom. The summed E-state index contributed by atoms with van der Waals surface area (Å²) in [5.74, 6) is -1.11. The summed E-state index contributed by atoms with van der Waals surface area (Å²) in [5, 5.41) is 8.36. The average Bonchev–Trinajstić information content (AvgIpc) is 2.00. The number of ketones is 1. The molecule has 1 atom stereocenters. The first-order valence-corrected chi connectivity index (χ1v) is 3.78. The van der Waals surface area contributed by atoms with E-state index in [0.29, 0.717) is 13.0 Å². The highest BCUT2D eigenvalue weighted by Crippen LogP contribution is 1.97. The Bertz CT molecular complexity index is 170. The van der Waals surface area contributed by atoms with E-state index in [1.165, 1.54) is 0 Å². The maximum atomic E-state index is 10.8. The van der Waals surface area contributed by atoms with Crippen molar-refractivity contribution in [1.29, 1.82) is 0 Å². The topological polar surface area (TPSA) is 106 Å². The van der Waals surface area contributed by atoms with Gasteiger partial charge in [0.25, 0.3) is 0 Å². The van der Waals surface area contributed by atoms with Crippen LogP contribution in [0.4, 0.5) is 0 Å². The van der Waals surface area contributed by atoms with Crippen LogP contribution in [0.2, 0.25) is 0 Å². The molecule has 0 heterocycles. The molecular weight excluding hydrogens is 160 g/mol. The lowest BCUT2D eigenvalue weighted by molar-refractivity contribution is -0.138. The minimum atomic E-state index is -1.07. The Labute approximate surface area is 70.7 Å². The number of rotatable bonds is 6. The Morgan fingerprint density at radius 1 is 1.33 bits per heavy atom. The van der Waals surface area contributed by atoms with E-state index < -0.39 is 12.0 Å². The van der Waals surface area contributed by atoms with Gasteiger partial charge in [-0.25, -0.2) is 0 Å². The molecule has 0 unspecified atom stereocenters. The van der Waals surface area contributed by atoms with Gasteiger partial charge < -0.3 is 16.6 Å². The lowest BCUT2D eigenvalue weighted by Gasteiger charge is -2.03. The maximum Gasteiger partial charge on any atom is 0.320 e. The smallest absolute Gasteiger partial charge is 0.320 e. The van der Waals surface area contributed by atoms with Gasteiger partial charge in [0.2, 0.25) is 0 Å². The van der Waals surface area contributed by atoms with E-state index in [1.54, 1.807) is 0 Å². The van der Waals surface area contributed by atoms with Crippen LogP contribution in [-0.4, -0.2) is 29.4 Å². The van der Waals surface area contributed by atoms with Crippen molar-refractivity contribution in [1.82, 2.24) is 0 Å². The third-order valence-electron chi connectivity index (χ3n) is 1.47. The molecule has 0 saturated carbocycles. The van der Waals surface area contributed by atoms with Gasteiger partial charge in [0.05, 0.1) is 0 Å². The normalized spacial score (nSPS) is 12.5. The summed E-state index contributed by atoms with van der Waals surface area (Å²) < 4.78 is 0. The summed E-state index contributed by atoms with van der Waals surface area (Å²) in [5.41, 5.74) is 10.3. The number of carboxylic acid groups (broad SMARTS) is 1. The number of carbonyl (C=O) groups is 2. The monoisotopic (exact) mass is 174 g/mol. The second kappa shape index (κ2) is 5.68. The first-order valence-electron chi connectivity index (χ1n) is 3.78. The fourth-order valence-electron chi connectivity index (χ4n) is 0.726. The van der Waals surface area contributed by atoms with Gasteiger partial charge in [0.1, 0.15) is 11.8 Å². The first-order chi connectivity index (χ1) is 5.57. The van der Waals surface area contributed by atoms with Crippen LogP contribution in [0.5, 0.6) is 0 Å². The molecule has 0 aliphatic carbocycles. The van der Waals surface area contributed by atoms with E-state index in [2.05, 4.69) is 0 Å². The average molecular weight is 174 g/mol. The molecule has 5 nitrogen and oxygen atoms in total. The Morgan fingerprint density at radius 2 is 1.92 bits per heavy atom. The van der Waals surface area contributed by atoms with Gasteiger partial charge in [-0.1, -0.05) is 0 Å². The van der Waals surface area contributed by atoms with Crippen molar-refractivity contribution >= 4 is 11.8 Å². The molecule has 0 bridgehead atoms. The number of carboxylic acids is 1. The summed E-state index contributed by atoms with van der Waals surface area (Å²) in [4.78, 5) is 21.1. The standard InChI is InChI=1S/C7H14N2O3/c8-4-3-5(10)1-2-6(9)7(11)12/h6H,1-4,8-9H2,(H,11,12)/t6-/m0/s1. The zero-order valence-electron chi connectivity index (χ0n) is 6.82. The SMILES string of the molecule is NCCC(=O)CC[C@H](N)C(=O)O. The van der Waals surface area contributed by atoms with Gasteiger partial charge in [-0.3, -0.25) is 9.59 Å². The second-order valence-corrected chi connectivity index (χ2v) is 2.56. The number of hydrogen-bond acceptors (Lipinski definition) is 4. The quantitative estimate of drug-likeness (QED) is 0.483.